The Balaban J connectivity index is 2.20. The van der Waals surface area contributed by atoms with Crippen LogP contribution in [0.3, 0.4) is 0 Å². The number of hydrogen-bond donors (Lipinski definition) is 2. The smallest absolute Gasteiger partial charge is 0.223 e. The third kappa shape index (κ3) is 3.17. The Morgan fingerprint density at radius 1 is 1.64 bits per heavy atom. The maximum atomic E-state index is 11.5. The lowest BCUT2D eigenvalue weighted by Crippen LogP contribution is -2.48. The second-order valence-electron chi connectivity index (χ2n) is 4.15. The Morgan fingerprint density at radius 2 is 2.29 bits per heavy atom. The van der Waals surface area contributed by atoms with E-state index in [1.807, 2.05) is 13.2 Å². The van der Waals surface area contributed by atoms with Crippen molar-refractivity contribution in [1.29, 1.82) is 0 Å². The van der Waals surface area contributed by atoms with Gasteiger partial charge in [-0.3, -0.25) is 4.79 Å². The SMILES string of the molecule is CSCC(C)C(=O)NCC1(O)CCC1. The second kappa shape index (κ2) is 5.03. The first-order valence-electron chi connectivity index (χ1n) is 5.06. The molecule has 0 radical (unpaired) electrons. The maximum absolute atomic E-state index is 11.5. The van der Waals surface area contributed by atoms with Crippen LogP contribution in [-0.2, 0) is 4.79 Å². The van der Waals surface area contributed by atoms with E-state index in [0.29, 0.717) is 6.54 Å². The highest BCUT2D eigenvalue weighted by atomic mass is 32.2. The van der Waals surface area contributed by atoms with Gasteiger partial charge < -0.3 is 10.4 Å². The third-order valence-corrected chi connectivity index (χ3v) is 3.57. The summed E-state index contributed by atoms with van der Waals surface area (Å²) < 4.78 is 0. The van der Waals surface area contributed by atoms with Gasteiger partial charge in [-0.2, -0.15) is 11.8 Å². The van der Waals surface area contributed by atoms with Crippen LogP contribution in [-0.4, -0.2) is 35.2 Å². The maximum Gasteiger partial charge on any atom is 0.223 e. The van der Waals surface area contributed by atoms with Gasteiger partial charge in [0, 0.05) is 18.2 Å². The van der Waals surface area contributed by atoms with Crippen LogP contribution >= 0.6 is 11.8 Å². The number of aliphatic hydroxyl groups is 1. The zero-order chi connectivity index (χ0) is 10.6. The van der Waals surface area contributed by atoms with Gasteiger partial charge >= 0.3 is 0 Å². The van der Waals surface area contributed by atoms with Crippen molar-refractivity contribution >= 4 is 17.7 Å². The van der Waals surface area contributed by atoms with Crippen LogP contribution in [0.2, 0.25) is 0 Å². The lowest BCUT2D eigenvalue weighted by atomic mass is 9.80. The molecule has 1 saturated carbocycles. The van der Waals surface area contributed by atoms with Gasteiger partial charge in [0.1, 0.15) is 0 Å². The molecule has 0 heterocycles. The topological polar surface area (TPSA) is 49.3 Å². The van der Waals surface area contributed by atoms with Crippen LogP contribution in [0.4, 0.5) is 0 Å². The standard InChI is InChI=1S/C10H19NO2S/c1-8(6-14-2)9(12)11-7-10(13)4-3-5-10/h8,13H,3-7H2,1-2H3,(H,11,12). The van der Waals surface area contributed by atoms with Gasteiger partial charge in [-0.05, 0) is 25.5 Å². The summed E-state index contributed by atoms with van der Waals surface area (Å²) in [5, 5.41) is 12.6. The molecule has 1 fully saturated rings. The van der Waals surface area contributed by atoms with Gasteiger partial charge in [0.15, 0.2) is 0 Å². The van der Waals surface area contributed by atoms with Crippen molar-refractivity contribution in [3.05, 3.63) is 0 Å². The van der Waals surface area contributed by atoms with Gasteiger partial charge in [0.2, 0.25) is 5.91 Å². The summed E-state index contributed by atoms with van der Waals surface area (Å²) in [4.78, 5) is 11.5. The van der Waals surface area contributed by atoms with Crippen LogP contribution < -0.4 is 5.32 Å². The Hall–Kier alpha value is -0.220. The Kier molecular flexibility index (Phi) is 4.26. The molecule has 0 aliphatic heterocycles. The fourth-order valence-electron chi connectivity index (χ4n) is 1.51. The van der Waals surface area contributed by atoms with Crippen molar-refractivity contribution in [1.82, 2.24) is 5.32 Å². The van der Waals surface area contributed by atoms with Gasteiger partial charge in [-0.1, -0.05) is 6.92 Å². The molecule has 0 aromatic rings. The first-order chi connectivity index (χ1) is 6.57. The summed E-state index contributed by atoms with van der Waals surface area (Å²) in [6.07, 6.45) is 4.71. The van der Waals surface area contributed by atoms with Crippen LogP contribution in [0.15, 0.2) is 0 Å². The molecule has 1 atom stereocenters. The van der Waals surface area contributed by atoms with Crippen molar-refractivity contribution < 1.29 is 9.90 Å². The van der Waals surface area contributed by atoms with Crippen LogP contribution in [0.1, 0.15) is 26.2 Å². The van der Waals surface area contributed by atoms with E-state index in [0.717, 1.165) is 25.0 Å². The molecule has 1 aliphatic rings. The molecule has 1 unspecified atom stereocenters. The minimum Gasteiger partial charge on any atom is -0.388 e. The predicted molar refractivity (Wildman–Crippen MR) is 59.4 cm³/mol. The van der Waals surface area contributed by atoms with E-state index in [9.17, 15) is 9.90 Å². The van der Waals surface area contributed by atoms with Crippen molar-refractivity contribution in [3.63, 3.8) is 0 Å². The van der Waals surface area contributed by atoms with Crippen LogP contribution in [0.5, 0.6) is 0 Å². The normalized spacial score (nSPS) is 21.1. The Bertz CT molecular complexity index is 204. The van der Waals surface area contributed by atoms with Gasteiger partial charge in [0.05, 0.1) is 5.60 Å². The summed E-state index contributed by atoms with van der Waals surface area (Å²) >= 11 is 1.67. The molecule has 0 aromatic heterocycles. The van der Waals surface area contributed by atoms with Gasteiger partial charge in [-0.25, -0.2) is 0 Å². The van der Waals surface area contributed by atoms with E-state index in [1.54, 1.807) is 11.8 Å². The van der Waals surface area contributed by atoms with E-state index in [4.69, 9.17) is 0 Å². The molecule has 1 rings (SSSR count). The minimum absolute atomic E-state index is 0.0358. The van der Waals surface area contributed by atoms with E-state index in [1.165, 1.54) is 0 Å². The summed E-state index contributed by atoms with van der Waals surface area (Å²) in [5.74, 6) is 0.929. The van der Waals surface area contributed by atoms with Crippen molar-refractivity contribution in [2.75, 3.05) is 18.6 Å². The highest BCUT2D eigenvalue weighted by Gasteiger charge is 2.34. The number of amides is 1. The fourth-order valence-corrected chi connectivity index (χ4v) is 2.16. The van der Waals surface area contributed by atoms with E-state index < -0.39 is 5.60 Å². The monoisotopic (exact) mass is 217 g/mol. The number of hydrogen-bond acceptors (Lipinski definition) is 3. The number of nitrogens with one attached hydrogen (secondary N) is 1. The summed E-state index contributed by atoms with van der Waals surface area (Å²) in [6, 6.07) is 0. The zero-order valence-electron chi connectivity index (χ0n) is 8.88. The van der Waals surface area contributed by atoms with Gasteiger partial charge in [0.25, 0.3) is 0 Å². The molecule has 1 aliphatic carbocycles. The molecule has 0 spiro atoms. The summed E-state index contributed by atoms with van der Waals surface area (Å²) in [5.41, 5.74) is -0.602. The van der Waals surface area contributed by atoms with Crippen LogP contribution in [0.25, 0.3) is 0 Å². The van der Waals surface area contributed by atoms with Crippen molar-refractivity contribution in [3.8, 4) is 0 Å². The van der Waals surface area contributed by atoms with E-state index >= 15 is 0 Å². The van der Waals surface area contributed by atoms with Crippen molar-refractivity contribution in [2.24, 2.45) is 5.92 Å². The molecule has 1 amide bonds. The third-order valence-electron chi connectivity index (χ3n) is 2.74. The van der Waals surface area contributed by atoms with E-state index in [-0.39, 0.29) is 11.8 Å². The van der Waals surface area contributed by atoms with Gasteiger partial charge in [-0.15, -0.1) is 0 Å². The Labute approximate surface area is 89.6 Å². The number of rotatable bonds is 5. The first-order valence-corrected chi connectivity index (χ1v) is 6.46. The number of carbonyl (C=O) groups excluding carboxylic acids is 1. The lowest BCUT2D eigenvalue weighted by molar-refractivity contribution is -0.126. The molecule has 14 heavy (non-hydrogen) atoms. The quantitative estimate of drug-likeness (QED) is 0.723. The molecular formula is C10H19NO2S. The molecule has 0 bridgehead atoms. The number of thioether (sulfide) groups is 1. The lowest BCUT2D eigenvalue weighted by Gasteiger charge is -2.36. The Morgan fingerprint density at radius 3 is 2.71 bits per heavy atom. The molecule has 3 nitrogen and oxygen atoms in total. The predicted octanol–water partition coefficient (Wildman–Crippen LogP) is 1.02. The molecule has 2 N–H and O–H groups in total. The molecule has 4 heteroatoms. The zero-order valence-corrected chi connectivity index (χ0v) is 9.69. The number of carbonyl (C=O) groups is 1. The highest BCUT2D eigenvalue weighted by Crippen LogP contribution is 2.30. The molecule has 0 aromatic carbocycles. The van der Waals surface area contributed by atoms with Crippen LogP contribution in [0, 0.1) is 5.92 Å². The summed E-state index contributed by atoms with van der Waals surface area (Å²) in [6.45, 7) is 2.33. The largest absolute Gasteiger partial charge is 0.388 e. The average Bonchev–Trinajstić information content (AvgIpc) is 2.11. The molecule has 82 valence electrons. The summed E-state index contributed by atoms with van der Waals surface area (Å²) in [7, 11) is 0. The first kappa shape index (κ1) is 11.9. The van der Waals surface area contributed by atoms with E-state index in [2.05, 4.69) is 5.32 Å². The molecule has 0 saturated heterocycles. The average molecular weight is 217 g/mol. The second-order valence-corrected chi connectivity index (χ2v) is 5.06. The highest BCUT2D eigenvalue weighted by molar-refractivity contribution is 7.98. The fraction of sp³-hybridized carbons (Fsp3) is 0.900. The minimum atomic E-state index is -0.602. The molecular weight excluding hydrogens is 198 g/mol. The van der Waals surface area contributed by atoms with Crippen molar-refractivity contribution in [2.45, 2.75) is 31.8 Å².